The van der Waals surface area contributed by atoms with E-state index >= 15 is 0 Å². The Hall–Kier alpha value is -1.90. The first-order chi connectivity index (χ1) is 9.86. The van der Waals surface area contributed by atoms with Gasteiger partial charge in [0.05, 0.1) is 6.21 Å². The van der Waals surface area contributed by atoms with Crippen molar-refractivity contribution >= 4 is 18.4 Å². The van der Waals surface area contributed by atoms with Gasteiger partial charge in [-0.2, -0.15) is 22.9 Å². The van der Waals surface area contributed by atoms with Gasteiger partial charge >= 0.3 is 6.18 Å². The molecule has 0 saturated heterocycles. The first kappa shape index (κ1) is 14.1. The lowest BCUT2D eigenvalue weighted by Gasteiger charge is -2.03. The number of nitrogens with zero attached hydrogens (tertiary/aromatic N) is 3. The van der Waals surface area contributed by atoms with Gasteiger partial charge in [-0.3, -0.25) is 0 Å². The van der Waals surface area contributed by atoms with Crippen molar-refractivity contribution in [2.75, 3.05) is 0 Å². The summed E-state index contributed by atoms with van der Waals surface area (Å²) in [6.07, 6.45) is -2.38. The standard InChI is InChI=1S/C12H11F3N4OS/c1-6-4-8(6)9-3-2-7(20-9)5-16-19-10(12(13,14)15)17-18-11(19)21/h2-3,5-6,8H,4H2,1H3,(H,18,21)/b16-5-/t6-,8-/m0/s1. The second kappa shape index (κ2) is 4.83. The number of hydrogen-bond acceptors (Lipinski definition) is 4. The quantitative estimate of drug-likeness (QED) is 0.696. The van der Waals surface area contributed by atoms with E-state index < -0.39 is 12.0 Å². The van der Waals surface area contributed by atoms with Crippen LogP contribution in [-0.4, -0.2) is 21.1 Å². The van der Waals surface area contributed by atoms with Crippen LogP contribution in [0.5, 0.6) is 0 Å². The van der Waals surface area contributed by atoms with Gasteiger partial charge < -0.3 is 4.42 Å². The molecule has 2 atom stereocenters. The minimum atomic E-state index is -4.64. The Labute approximate surface area is 122 Å². The maximum atomic E-state index is 12.7. The number of halogens is 3. The third-order valence-corrected chi connectivity index (χ3v) is 3.59. The van der Waals surface area contributed by atoms with Gasteiger partial charge in [0.2, 0.25) is 4.77 Å². The maximum Gasteiger partial charge on any atom is 0.453 e. The molecule has 9 heteroatoms. The summed E-state index contributed by atoms with van der Waals surface area (Å²) in [5.74, 6) is 0.983. The molecular weight excluding hydrogens is 305 g/mol. The highest BCUT2D eigenvalue weighted by molar-refractivity contribution is 7.71. The molecule has 2 aromatic rings. The Balaban J connectivity index is 1.85. The van der Waals surface area contributed by atoms with Crippen LogP contribution in [0.3, 0.4) is 0 Å². The van der Waals surface area contributed by atoms with E-state index in [1.165, 1.54) is 6.21 Å². The second-order valence-electron chi connectivity index (χ2n) is 4.97. The number of aromatic nitrogens is 3. The van der Waals surface area contributed by atoms with Gasteiger partial charge in [-0.05, 0) is 36.7 Å². The lowest BCUT2D eigenvalue weighted by molar-refractivity contribution is -0.147. The molecule has 0 aliphatic heterocycles. The molecule has 3 rings (SSSR count). The average molecular weight is 316 g/mol. The molecule has 112 valence electrons. The molecule has 0 aromatic carbocycles. The van der Waals surface area contributed by atoms with E-state index in [0.29, 0.717) is 22.3 Å². The van der Waals surface area contributed by atoms with Crippen molar-refractivity contribution in [3.8, 4) is 0 Å². The maximum absolute atomic E-state index is 12.7. The molecule has 0 bridgehead atoms. The minimum Gasteiger partial charge on any atom is -0.460 e. The lowest BCUT2D eigenvalue weighted by Crippen LogP contribution is -2.12. The fourth-order valence-corrected chi connectivity index (χ4v) is 2.23. The van der Waals surface area contributed by atoms with Gasteiger partial charge in [-0.25, -0.2) is 5.10 Å². The second-order valence-corrected chi connectivity index (χ2v) is 5.35. The molecule has 5 nitrogen and oxygen atoms in total. The zero-order valence-electron chi connectivity index (χ0n) is 10.9. The number of furan rings is 1. The highest BCUT2D eigenvalue weighted by Gasteiger charge is 2.38. The third kappa shape index (κ3) is 2.78. The van der Waals surface area contributed by atoms with Gasteiger partial charge in [0.1, 0.15) is 11.5 Å². The first-order valence-electron chi connectivity index (χ1n) is 6.25. The van der Waals surface area contributed by atoms with E-state index in [4.69, 9.17) is 16.6 Å². The largest absolute Gasteiger partial charge is 0.460 e. The van der Waals surface area contributed by atoms with Crippen molar-refractivity contribution in [2.45, 2.75) is 25.4 Å². The van der Waals surface area contributed by atoms with Crippen molar-refractivity contribution in [3.63, 3.8) is 0 Å². The summed E-state index contributed by atoms with van der Waals surface area (Å²) in [5, 5.41) is 8.89. The van der Waals surface area contributed by atoms with E-state index in [1.807, 2.05) is 6.07 Å². The Morgan fingerprint density at radius 1 is 1.52 bits per heavy atom. The molecule has 2 aromatic heterocycles. The van der Waals surface area contributed by atoms with Crippen molar-refractivity contribution in [1.29, 1.82) is 0 Å². The zero-order valence-corrected chi connectivity index (χ0v) is 11.7. The van der Waals surface area contributed by atoms with Crippen LogP contribution in [0.15, 0.2) is 21.7 Å². The summed E-state index contributed by atoms with van der Waals surface area (Å²) in [7, 11) is 0. The SMILES string of the molecule is C[C@H]1C[C@@H]1c1ccc(/C=N\n2c(C(F)(F)F)n[nH]c2=S)o1. The van der Waals surface area contributed by atoms with Crippen LogP contribution in [0.25, 0.3) is 0 Å². The molecule has 2 heterocycles. The molecule has 0 unspecified atom stereocenters. The number of rotatable bonds is 3. The monoisotopic (exact) mass is 316 g/mol. The van der Waals surface area contributed by atoms with Crippen molar-refractivity contribution in [1.82, 2.24) is 14.9 Å². The topological polar surface area (TPSA) is 59.1 Å². The summed E-state index contributed by atoms with van der Waals surface area (Å²) in [6, 6.07) is 3.48. The number of aromatic amines is 1. The zero-order chi connectivity index (χ0) is 15.2. The predicted molar refractivity (Wildman–Crippen MR) is 70.6 cm³/mol. The van der Waals surface area contributed by atoms with Gasteiger partial charge in [-0.15, -0.1) is 5.10 Å². The highest BCUT2D eigenvalue weighted by Crippen LogP contribution is 2.47. The summed E-state index contributed by atoms with van der Waals surface area (Å²) >= 11 is 4.73. The van der Waals surface area contributed by atoms with Crippen LogP contribution >= 0.6 is 12.2 Å². The van der Waals surface area contributed by atoms with Crippen LogP contribution in [0.2, 0.25) is 0 Å². The molecule has 1 aliphatic carbocycles. The average Bonchev–Trinajstić information content (AvgIpc) is 2.83. The third-order valence-electron chi connectivity index (χ3n) is 3.33. The van der Waals surface area contributed by atoms with Crippen molar-refractivity contribution in [2.24, 2.45) is 11.0 Å². The summed E-state index contributed by atoms with van der Waals surface area (Å²) in [4.78, 5) is 0. The number of alkyl halides is 3. The fourth-order valence-electron chi connectivity index (χ4n) is 2.05. The normalized spacial score (nSPS) is 22.1. The predicted octanol–water partition coefficient (Wildman–Crippen LogP) is 3.56. The summed E-state index contributed by atoms with van der Waals surface area (Å²) in [6.45, 7) is 2.11. The molecule has 1 aliphatic rings. The molecule has 0 spiro atoms. The first-order valence-corrected chi connectivity index (χ1v) is 6.66. The van der Waals surface area contributed by atoms with E-state index in [2.05, 4.69) is 22.2 Å². The Bertz CT molecular complexity index is 742. The fraction of sp³-hybridized carbons (Fsp3) is 0.417. The van der Waals surface area contributed by atoms with E-state index in [0.717, 1.165) is 12.2 Å². The molecule has 0 radical (unpaired) electrons. The van der Waals surface area contributed by atoms with Crippen molar-refractivity contribution in [3.05, 3.63) is 34.2 Å². The van der Waals surface area contributed by atoms with E-state index in [9.17, 15) is 13.2 Å². The molecule has 21 heavy (non-hydrogen) atoms. The van der Waals surface area contributed by atoms with Gasteiger partial charge in [0, 0.05) is 5.92 Å². The van der Waals surface area contributed by atoms with Crippen LogP contribution in [0.4, 0.5) is 13.2 Å². The highest BCUT2D eigenvalue weighted by atomic mass is 32.1. The van der Waals surface area contributed by atoms with Gasteiger partial charge in [-0.1, -0.05) is 6.92 Å². The minimum absolute atomic E-state index is 0.235. The lowest BCUT2D eigenvalue weighted by atomic mass is 10.3. The van der Waals surface area contributed by atoms with Crippen LogP contribution in [-0.2, 0) is 6.18 Å². The number of nitrogens with one attached hydrogen (secondary N) is 1. The Morgan fingerprint density at radius 2 is 2.24 bits per heavy atom. The molecule has 0 amide bonds. The summed E-state index contributed by atoms with van der Waals surface area (Å²) in [5.41, 5.74) is 0. The molecule has 1 N–H and O–H groups in total. The molecule has 1 saturated carbocycles. The van der Waals surface area contributed by atoms with E-state index in [1.54, 1.807) is 6.07 Å². The van der Waals surface area contributed by atoms with Gasteiger partial charge in [0.15, 0.2) is 0 Å². The molecular formula is C12H11F3N4OS. The number of H-pyrrole nitrogens is 1. The molecule has 1 fully saturated rings. The Kier molecular flexibility index (Phi) is 3.23. The van der Waals surface area contributed by atoms with E-state index in [-0.39, 0.29) is 4.77 Å². The smallest absolute Gasteiger partial charge is 0.453 e. The van der Waals surface area contributed by atoms with Crippen LogP contribution in [0.1, 0.15) is 36.6 Å². The van der Waals surface area contributed by atoms with Gasteiger partial charge in [0.25, 0.3) is 5.82 Å². The number of hydrogen-bond donors (Lipinski definition) is 1. The van der Waals surface area contributed by atoms with Crippen LogP contribution < -0.4 is 0 Å². The summed E-state index contributed by atoms with van der Waals surface area (Å²) < 4.78 is 43.9. The van der Waals surface area contributed by atoms with Crippen LogP contribution in [0, 0.1) is 10.7 Å². The van der Waals surface area contributed by atoms with Crippen molar-refractivity contribution < 1.29 is 17.6 Å². The Morgan fingerprint density at radius 3 is 2.86 bits per heavy atom.